The summed E-state index contributed by atoms with van der Waals surface area (Å²) in [6.45, 7) is 2.93. The first-order chi connectivity index (χ1) is 5.29. The molecule has 3 nitrogen and oxygen atoms in total. The van der Waals surface area contributed by atoms with Crippen LogP contribution in [0.5, 0.6) is 0 Å². The number of aliphatic hydroxyl groups is 1. The van der Waals surface area contributed by atoms with E-state index in [1.807, 2.05) is 11.2 Å². The average molecular weight is 177 g/mol. The van der Waals surface area contributed by atoms with Crippen molar-refractivity contribution >= 4 is 11.0 Å². The largest absolute Gasteiger partial charge is 0.395 e. The third-order valence-corrected chi connectivity index (χ3v) is 3.54. The molecule has 1 fully saturated rings. The fourth-order valence-electron chi connectivity index (χ4n) is 1.43. The molecule has 0 bridgehead atoms. The molecule has 0 aromatic heterocycles. The molecule has 2 atom stereocenters. The Bertz CT molecular complexity index is 151. The summed E-state index contributed by atoms with van der Waals surface area (Å²) in [6.07, 6.45) is 2.05. The highest BCUT2D eigenvalue weighted by molar-refractivity contribution is 7.82. The Kier molecular flexibility index (Phi) is 3.48. The van der Waals surface area contributed by atoms with Crippen molar-refractivity contribution in [2.45, 2.75) is 25.8 Å². The van der Waals surface area contributed by atoms with Crippen molar-refractivity contribution in [3.05, 3.63) is 0 Å². The summed E-state index contributed by atoms with van der Waals surface area (Å²) in [4.78, 5) is 0. The first-order valence-corrected chi connectivity index (χ1v) is 5.33. The minimum Gasteiger partial charge on any atom is -0.395 e. The monoisotopic (exact) mass is 177 g/mol. The van der Waals surface area contributed by atoms with Gasteiger partial charge in [-0.15, -0.1) is 0 Å². The molecular formula is C7H15NO2S. The van der Waals surface area contributed by atoms with Gasteiger partial charge in [-0.3, -0.25) is 0 Å². The van der Waals surface area contributed by atoms with E-state index >= 15 is 0 Å². The number of rotatable bonds is 3. The molecule has 1 saturated heterocycles. The molecule has 0 spiro atoms. The maximum absolute atomic E-state index is 11.3. The molecule has 0 aromatic rings. The Morgan fingerprint density at radius 3 is 3.00 bits per heavy atom. The molecule has 1 aliphatic heterocycles. The summed E-state index contributed by atoms with van der Waals surface area (Å²) >= 11 is 0. The van der Waals surface area contributed by atoms with E-state index in [0.717, 1.165) is 19.4 Å². The molecule has 66 valence electrons. The topological polar surface area (TPSA) is 40.5 Å². The van der Waals surface area contributed by atoms with E-state index in [9.17, 15) is 4.21 Å². The van der Waals surface area contributed by atoms with E-state index in [2.05, 4.69) is 0 Å². The lowest BCUT2D eigenvalue weighted by Crippen LogP contribution is -2.34. The smallest absolute Gasteiger partial charge is 0.0943 e. The first kappa shape index (κ1) is 9.16. The molecule has 1 rings (SSSR count). The van der Waals surface area contributed by atoms with Gasteiger partial charge in [0, 0.05) is 18.3 Å². The highest BCUT2D eigenvalue weighted by atomic mass is 32.2. The molecule has 0 aliphatic carbocycles. The van der Waals surface area contributed by atoms with E-state index < -0.39 is 11.0 Å². The van der Waals surface area contributed by atoms with E-state index in [1.165, 1.54) is 0 Å². The standard InChI is InChI=1S/C7H15NO2S/c1-2-11(10)8-5-3-4-7(8)6-9/h7,9H,2-6H2,1H3. The fourth-order valence-corrected chi connectivity index (χ4v) is 2.59. The first-order valence-electron chi connectivity index (χ1n) is 4.05. The van der Waals surface area contributed by atoms with Crippen LogP contribution in [-0.2, 0) is 11.0 Å². The van der Waals surface area contributed by atoms with E-state index in [4.69, 9.17) is 5.11 Å². The lowest BCUT2D eigenvalue weighted by molar-refractivity contribution is 0.217. The van der Waals surface area contributed by atoms with Crippen LogP contribution in [0.15, 0.2) is 0 Å². The normalized spacial score (nSPS) is 29.1. The summed E-state index contributed by atoms with van der Waals surface area (Å²) in [6, 6.07) is 0.149. The van der Waals surface area contributed by atoms with Gasteiger partial charge in [0.05, 0.1) is 17.6 Å². The third-order valence-electron chi connectivity index (χ3n) is 2.04. The predicted molar refractivity (Wildman–Crippen MR) is 45.5 cm³/mol. The van der Waals surface area contributed by atoms with Crippen LogP contribution >= 0.6 is 0 Å². The number of hydrogen-bond donors (Lipinski definition) is 1. The van der Waals surface area contributed by atoms with Crippen molar-refractivity contribution in [2.75, 3.05) is 18.9 Å². The van der Waals surface area contributed by atoms with E-state index in [-0.39, 0.29) is 12.6 Å². The minimum atomic E-state index is -0.859. The molecule has 0 aromatic carbocycles. The van der Waals surface area contributed by atoms with Gasteiger partial charge >= 0.3 is 0 Å². The van der Waals surface area contributed by atoms with Crippen LogP contribution in [0, 0.1) is 0 Å². The lowest BCUT2D eigenvalue weighted by Gasteiger charge is -2.20. The van der Waals surface area contributed by atoms with Gasteiger partial charge in [-0.2, -0.15) is 0 Å². The molecule has 11 heavy (non-hydrogen) atoms. The van der Waals surface area contributed by atoms with Gasteiger partial charge in [0.1, 0.15) is 0 Å². The molecule has 0 saturated carbocycles. The highest BCUT2D eigenvalue weighted by Gasteiger charge is 2.26. The van der Waals surface area contributed by atoms with Crippen LogP contribution in [-0.4, -0.2) is 38.6 Å². The van der Waals surface area contributed by atoms with Crippen LogP contribution in [0.2, 0.25) is 0 Å². The molecule has 1 heterocycles. The van der Waals surface area contributed by atoms with Gasteiger partial charge in [0.2, 0.25) is 0 Å². The second kappa shape index (κ2) is 4.18. The van der Waals surface area contributed by atoms with Crippen LogP contribution in [0.3, 0.4) is 0 Å². The SMILES string of the molecule is CCS(=O)N1CCCC1CO. The summed E-state index contributed by atoms with van der Waals surface area (Å²) in [5.74, 6) is 0.663. The Morgan fingerprint density at radius 1 is 1.73 bits per heavy atom. The summed E-state index contributed by atoms with van der Waals surface area (Å²) in [5, 5.41) is 8.90. The number of nitrogens with zero attached hydrogens (tertiary/aromatic N) is 1. The molecule has 4 heteroatoms. The summed E-state index contributed by atoms with van der Waals surface area (Å²) in [7, 11) is -0.859. The summed E-state index contributed by atoms with van der Waals surface area (Å²) in [5.41, 5.74) is 0. The number of hydrogen-bond acceptors (Lipinski definition) is 2. The van der Waals surface area contributed by atoms with Gasteiger partial charge in [-0.1, -0.05) is 6.92 Å². The van der Waals surface area contributed by atoms with E-state index in [0.29, 0.717) is 5.75 Å². The van der Waals surface area contributed by atoms with Crippen LogP contribution in [0.25, 0.3) is 0 Å². The van der Waals surface area contributed by atoms with Crippen LogP contribution in [0.1, 0.15) is 19.8 Å². The zero-order chi connectivity index (χ0) is 8.27. The Labute approximate surface area is 70.0 Å². The molecule has 0 amide bonds. The molecule has 1 N–H and O–H groups in total. The molecule has 2 unspecified atom stereocenters. The van der Waals surface area contributed by atoms with Crippen molar-refractivity contribution in [3.63, 3.8) is 0 Å². The van der Waals surface area contributed by atoms with Crippen LogP contribution < -0.4 is 0 Å². The Balaban J connectivity index is 2.49. The zero-order valence-electron chi connectivity index (χ0n) is 6.82. The zero-order valence-corrected chi connectivity index (χ0v) is 7.64. The van der Waals surface area contributed by atoms with Crippen molar-refractivity contribution in [1.29, 1.82) is 0 Å². The fraction of sp³-hybridized carbons (Fsp3) is 1.00. The predicted octanol–water partition coefficient (Wildman–Crippen LogP) is 0.127. The quantitative estimate of drug-likeness (QED) is 0.665. The van der Waals surface area contributed by atoms with Gasteiger partial charge in [-0.05, 0) is 12.8 Å². The van der Waals surface area contributed by atoms with Gasteiger partial charge in [0.15, 0.2) is 0 Å². The van der Waals surface area contributed by atoms with Gasteiger partial charge in [-0.25, -0.2) is 8.51 Å². The maximum atomic E-state index is 11.3. The molecule has 1 aliphatic rings. The van der Waals surface area contributed by atoms with E-state index in [1.54, 1.807) is 0 Å². The second-order valence-corrected chi connectivity index (χ2v) is 4.42. The lowest BCUT2D eigenvalue weighted by atomic mass is 10.2. The highest BCUT2D eigenvalue weighted by Crippen LogP contribution is 2.18. The molecular weight excluding hydrogens is 162 g/mol. The van der Waals surface area contributed by atoms with Crippen molar-refractivity contribution < 1.29 is 9.32 Å². The van der Waals surface area contributed by atoms with Crippen LogP contribution in [0.4, 0.5) is 0 Å². The molecule has 0 radical (unpaired) electrons. The average Bonchev–Trinajstić information content (AvgIpc) is 2.50. The Morgan fingerprint density at radius 2 is 2.45 bits per heavy atom. The van der Waals surface area contributed by atoms with Crippen molar-refractivity contribution in [2.24, 2.45) is 0 Å². The maximum Gasteiger partial charge on any atom is 0.0943 e. The van der Waals surface area contributed by atoms with Gasteiger partial charge < -0.3 is 5.11 Å². The number of aliphatic hydroxyl groups excluding tert-OH is 1. The van der Waals surface area contributed by atoms with Crippen molar-refractivity contribution in [1.82, 2.24) is 4.31 Å². The second-order valence-electron chi connectivity index (χ2n) is 2.73. The third kappa shape index (κ3) is 2.01. The van der Waals surface area contributed by atoms with Crippen molar-refractivity contribution in [3.8, 4) is 0 Å². The summed E-state index contributed by atoms with van der Waals surface area (Å²) < 4.78 is 13.2. The minimum absolute atomic E-state index is 0.145. The Hall–Kier alpha value is 0.0700. The van der Waals surface area contributed by atoms with Gasteiger partial charge in [0.25, 0.3) is 0 Å².